The molecule has 0 amide bonds. The molecule has 0 fully saturated rings. The van der Waals surface area contributed by atoms with Crippen molar-refractivity contribution in [2.75, 3.05) is 0 Å². The molecule has 0 radical (unpaired) electrons. The molecule has 0 aromatic carbocycles. The first kappa shape index (κ1) is 18.7. The van der Waals surface area contributed by atoms with Crippen molar-refractivity contribution in [1.82, 2.24) is 0 Å². The fourth-order valence-corrected chi connectivity index (χ4v) is 1.61. The maximum atomic E-state index is 12.2. The molecule has 114 valence electrons. The van der Waals surface area contributed by atoms with Gasteiger partial charge in [-0.1, -0.05) is 34.6 Å². The van der Waals surface area contributed by atoms with Crippen LogP contribution in [-0.2, 0) is 19.2 Å². The highest BCUT2D eigenvalue weighted by atomic mass is 16.2. The van der Waals surface area contributed by atoms with Gasteiger partial charge in [-0.05, 0) is 13.3 Å². The molecule has 0 aromatic rings. The normalized spacial score (nSPS) is 12.1. The smallest absolute Gasteiger partial charge is 0.145 e. The summed E-state index contributed by atoms with van der Waals surface area (Å²) in [6.45, 7) is 10.2. The lowest BCUT2D eigenvalue weighted by Crippen LogP contribution is -2.31. The van der Waals surface area contributed by atoms with Crippen LogP contribution in [0.2, 0.25) is 0 Å². The molecule has 20 heavy (non-hydrogen) atoms. The quantitative estimate of drug-likeness (QED) is 0.642. The van der Waals surface area contributed by atoms with Crippen LogP contribution in [0.1, 0.15) is 67.2 Å². The second-order valence-electron chi connectivity index (χ2n) is 7.07. The topological polar surface area (TPSA) is 68.3 Å². The van der Waals surface area contributed by atoms with Crippen molar-refractivity contribution in [3.8, 4) is 0 Å². The lowest BCUT2D eigenvalue weighted by molar-refractivity contribution is -0.136. The van der Waals surface area contributed by atoms with Gasteiger partial charge in [-0.2, -0.15) is 0 Å². The van der Waals surface area contributed by atoms with Crippen LogP contribution in [0.15, 0.2) is 0 Å². The van der Waals surface area contributed by atoms with Gasteiger partial charge in [0.2, 0.25) is 0 Å². The molecular weight excluding hydrogens is 256 g/mol. The SMILES string of the molecule is CC(=O)CC(=O)CCC(C)(C)C(=O)CC(=O)C(C)(C)C. The maximum absolute atomic E-state index is 12.2. The average molecular weight is 282 g/mol. The van der Waals surface area contributed by atoms with Gasteiger partial charge in [-0.25, -0.2) is 0 Å². The second kappa shape index (κ2) is 6.91. The fraction of sp³-hybridized carbons (Fsp3) is 0.750. The van der Waals surface area contributed by atoms with Crippen molar-refractivity contribution in [3.63, 3.8) is 0 Å². The molecule has 0 unspecified atom stereocenters. The maximum Gasteiger partial charge on any atom is 0.145 e. The van der Waals surface area contributed by atoms with E-state index >= 15 is 0 Å². The van der Waals surface area contributed by atoms with E-state index in [9.17, 15) is 19.2 Å². The van der Waals surface area contributed by atoms with Crippen molar-refractivity contribution in [2.45, 2.75) is 67.2 Å². The number of hydrogen-bond acceptors (Lipinski definition) is 4. The largest absolute Gasteiger partial charge is 0.300 e. The van der Waals surface area contributed by atoms with Gasteiger partial charge in [0.1, 0.15) is 23.1 Å². The standard InChI is InChI=1S/C16H26O4/c1-11(17)9-12(18)7-8-16(5,6)14(20)10-13(19)15(2,3)4/h7-10H2,1-6H3. The van der Waals surface area contributed by atoms with Crippen LogP contribution in [0.25, 0.3) is 0 Å². The minimum absolute atomic E-state index is 0.0782. The van der Waals surface area contributed by atoms with E-state index in [2.05, 4.69) is 0 Å². The number of carbonyl (C=O) groups is 4. The van der Waals surface area contributed by atoms with Gasteiger partial charge in [0.25, 0.3) is 0 Å². The third-order valence-electron chi connectivity index (χ3n) is 3.39. The van der Waals surface area contributed by atoms with Crippen molar-refractivity contribution in [2.24, 2.45) is 10.8 Å². The van der Waals surface area contributed by atoms with Crippen molar-refractivity contribution < 1.29 is 19.2 Å². The average Bonchev–Trinajstić information content (AvgIpc) is 2.24. The Morgan fingerprint density at radius 2 is 1.30 bits per heavy atom. The van der Waals surface area contributed by atoms with E-state index in [-0.39, 0.29) is 42.4 Å². The Labute approximate surface area is 121 Å². The van der Waals surface area contributed by atoms with Crippen molar-refractivity contribution >= 4 is 23.1 Å². The molecule has 0 aliphatic heterocycles. The lowest BCUT2D eigenvalue weighted by Gasteiger charge is -2.24. The third kappa shape index (κ3) is 6.73. The van der Waals surface area contributed by atoms with E-state index in [1.165, 1.54) is 6.92 Å². The molecule has 0 aromatic heterocycles. The zero-order valence-corrected chi connectivity index (χ0v) is 13.5. The first-order valence-corrected chi connectivity index (χ1v) is 6.94. The molecule has 0 aliphatic rings. The summed E-state index contributed by atoms with van der Waals surface area (Å²) in [5, 5.41) is 0. The van der Waals surface area contributed by atoms with E-state index in [1.807, 2.05) is 0 Å². The molecule has 0 N–H and O–H groups in total. The number of ketones is 4. The molecule has 4 nitrogen and oxygen atoms in total. The van der Waals surface area contributed by atoms with Gasteiger partial charge < -0.3 is 0 Å². The van der Waals surface area contributed by atoms with E-state index in [0.29, 0.717) is 6.42 Å². The molecule has 4 heteroatoms. The van der Waals surface area contributed by atoms with E-state index in [1.54, 1.807) is 34.6 Å². The first-order chi connectivity index (χ1) is 8.86. The summed E-state index contributed by atoms with van der Waals surface area (Å²) in [4.78, 5) is 46.4. The van der Waals surface area contributed by atoms with Gasteiger partial charge in [-0.3, -0.25) is 19.2 Å². The molecule has 0 atom stereocenters. The summed E-state index contributed by atoms with van der Waals surface area (Å²) in [5.41, 5.74) is -1.25. The molecular formula is C16H26O4. The second-order valence-corrected chi connectivity index (χ2v) is 7.07. The molecule has 0 saturated carbocycles. The van der Waals surface area contributed by atoms with Crippen LogP contribution in [0.5, 0.6) is 0 Å². The van der Waals surface area contributed by atoms with E-state index in [0.717, 1.165) is 0 Å². The third-order valence-corrected chi connectivity index (χ3v) is 3.39. The van der Waals surface area contributed by atoms with Crippen LogP contribution < -0.4 is 0 Å². The number of Topliss-reactive ketones (excluding diaryl/α,β-unsaturated/α-hetero) is 4. The zero-order chi connectivity index (χ0) is 16.1. The summed E-state index contributed by atoms with van der Waals surface area (Å²) in [7, 11) is 0. The number of hydrogen-bond donors (Lipinski definition) is 0. The molecule has 0 saturated heterocycles. The van der Waals surface area contributed by atoms with Crippen LogP contribution in [0, 0.1) is 10.8 Å². The van der Waals surface area contributed by atoms with E-state index in [4.69, 9.17) is 0 Å². The zero-order valence-electron chi connectivity index (χ0n) is 13.5. The predicted octanol–water partition coefficient (Wildman–Crippen LogP) is 2.92. The van der Waals surface area contributed by atoms with E-state index < -0.39 is 10.8 Å². The number of rotatable bonds is 8. The molecule has 0 aliphatic carbocycles. The molecule has 0 rings (SSSR count). The summed E-state index contributed by atoms with van der Waals surface area (Å²) in [6.07, 6.45) is 0.389. The van der Waals surface area contributed by atoms with Gasteiger partial charge >= 0.3 is 0 Å². The Balaban J connectivity index is 4.50. The molecule has 0 bridgehead atoms. The minimum atomic E-state index is -0.715. The summed E-state index contributed by atoms with van der Waals surface area (Å²) >= 11 is 0. The molecule has 0 heterocycles. The van der Waals surface area contributed by atoms with Crippen LogP contribution in [0.3, 0.4) is 0 Å². The Bertz CT molecular complexity index is 411. The summed E-state index contributed by atoms with van der Waals surface area (Å²) < 4.78 is 0. The van der Waals surface area contributed by atoms with Gasteiger partial charge in [0.15, 0.2) is 0 Å². The monoisotopic (exact) mass is 282 g/mol. The highest BCUT2D eigenvalue weighted by Gasteiger charge is 2.32. The van der Waals surface area contributed by atoms with Crippen LogP contribution in [0.4, 0.5) is 0 Å². The van der Waals surface area contributed by atoms with Crippen molar-refractivity contribution in [3.05, 3.63) is 0 Å². The highest BCUT2D eigenvalue weighted by Crippen LogP contribution is 2.28. The highest BCUT2D eigenvalue weighted by molar-refractivity contribution is 6.03. The van der Waals surface area contributed by atoms with Crippen LogP contribution in [-0.4, -0.2) is 23.1 Å². The van der Waals surface area contributed by atoms with Gasteiger partial charge in [0.05, 0.1) is 12.8 Å². The predicted molar refractivity (Wildman–Crippen MR) is 77.4 cm³/mol. The minimum Gasteiger partial charge on any atom is -0.300 e. The van der Waals surface area contributed by atoms with Gasteiger partial charge in [0, 0.05) is 17.3 Å². The van der Waals surface area contributed by atoms with Crippen LogP contribution >= 0.6 is 0 Å². The summed E-state index contributed by atoms with van der Waals surface area (Å²) in [6, 6.07) is 0. The Hall–Kier alpha value is -1.32. The Kier molecular flexibility index (Phi) is 6.45. The first-order valence-electron chi connectivity index (χ1n) is 6.94. The Morgan fingerprint density at radius 3 is 1.70 bits per heavy atom. The van der Waals surface area contributed by atoms with Crippen molar-refractivity contribution in [1.29, 1.82) is 0 Å². The fourth-order valence-electron chi connectivity index (χ4n) is 1.61. The lowest BCUT2D eigenvalue weighted by atomic mass is 9.77. The number of carbonyl (C=O) groups excluding carboxylic acids is 4. The van der Waals surface area contributed by atoms with Gasteiger partial charge in [-0.15, -0.1) is 0 Å². The Morgan fingerprint density at radius 1 is 0.800 bits per heavy atom. The summed E-state index contributed by atoms with van der Waals surface area (Å²) in [5.74, 6) is -0.554. The molecule has 0 spiro atoms.